The second-order valence-corrected chi connectivity index (χ2v) is 8.55. The maximum atomic E-state index is 10.4. The van der Waals surface area contributed by atoms with Gasteiger partial charge in [-0.05, 0) is 74.3 Å². The van der Waals surface area contributed by atoms with Gasteiger partial charge in [0.05, 0.1) is 6.10 Å². The number of hydrogen-bond acceptors (Lipinski definition) is 4. The molecule has 0 radical (unpaired) electrons. The van der Waals surface area contributed by atoms with Crippen LogP contribution >= 0.6 is 0 Å². The second kappa shape index (κ2) is 8.54. The van der Waals surface area contributed by atoms with E-state index in [0.29, 0.717) is 18.3 Å². The molecule has 4 heteroatoms. The molecule has 4 nitrogen and oxygen atoms in total. The van der Waals surface area contributed by atoms with Crippen molar-refractivity contribution in [3.8, 4) is 11.5 Å². The SMILES string of the molecule is C=C1CC[C@H](O)C(C)(C)[C@@H]1CC/C(C)=C/COc1ccc2c(c1)OC(O)C=C2. The van der Waals surface area contributed by atoms with Crippen LogP contribution in [-0.4, -0.2) is 29.2 Å². The molecular weight excluding hydrogens is 352 g/mol. The fraction of sp³-hybridized carbons (Fsp3) is 0.500. The average molecular weight is 385 g/mol. The number of hydrogen-bond donors (Lipinski definition) is 2. The number of ether oxygens (including phenoxy) is 2. The van der Waals surface area contributed by atoms with Gasteiger partial charge in [-0.15, -0.1) is 0 Å². The Morgan fingerprint density at radius 3 is 2.93 bits per heavy atom. The van der Waals surface area contributed by atoms with Crippen molar-refractivity contribution in [1.82, 2.24) is 0 Å². The van der Waals surface area contributed by atoms with Crippen LogP contribution in [0.3, 0.4) is 0 Å². The van der Waals surface area contributed by atoms with Gasteiger partial charge in [-0.2, -0.15) is 0 Å². The monoisotopic (exact) mass is 384 g/mol. The summed E-state index contributed by atoms with van der Waals surface area (Å²) in [5.41, 5.74) is 3.36. The molecule has 0 amide bonds. The third-order valence-electron chi connectivity index (χ3n) is 6.17. The van der Waals surface area contributed by atoms with E-state index in [1.807, 2.05) is 18.2 Å². The first kappa shape index (κ1) is 20.7. The minimum atomic E-state index is -0.901. The van der Waals surface area contributed by atoms with Gasteiger partial charge in [0.15, 0.2) is 0 Å². The highest BCUT2D eigenvalue weighted by atomic mass is 16.6. The lowest BCUT2D eigenvalue weighted by atomic mass is 9.63. The highest BCUT2D eigenvalue weighted by Gasteiger charge is 2.40. The molecular formula is C24H32O4. The molecule has 1 aromatic carbocycles. The normalized spacial score (nSPS) is 26.5. The van der Waals surface area contributed by atoms with Crippen LogP contribution in [0.2, 0.25) is 0 Å². The Balaban J connectivity index is 1.52. The second-order valence-electron chi connectivity index (χ2n) is 8.55. The van der Waals surface area contributed by atoms with Crippen molar-refractivity contribution in [3.63, 3.8) is 0 Å². The summed E-state index contributed by atoms with van der Waals surface area (Å²) in [5, 5.41) is 19.9. The van der Waals surface area contributed by atoms with Crippen molar-refractivity contribution in [2.24, 2.45) is 11.3 Å². The molecule has 1 fully saturated rings. The van der Waals surface area contributed by atoms with Crippen LogP contribution in [-0.2, 0) is 0 Å². The van der Waals surface area contributed by atoms with Gasteiger partial charge in [0.1, 0.15) is 18.1 Å². The topological polar surface area (TPSA) is 58.9 Å². The Hall–Kier alpha value is -2.04. The van der Waals surface area contributed by atoms with E-state index in [1.54, 1.807) is 12.1 Å². The number of rotatable bonds is 6. The van der Waals surface area contributed by atoms with Gasteiger partial charge in [-0.3, -0.25) is 0 Å². The first-order valence-corrected chi connectivity index (χ1v) is 10.1. The maximum Gasteiger partial charge on any atom is 0.217 e. The van der Waals surface area contributed by atoms with Gasteiger partial charge in [0.25, 0.3) is 0 Å². The standard InChI is InChI=1S/C24H32O4/c1-16(5-10-20-17(2)6-11-22(25)24(20,3)4)13-14-27-19-9-7-18-8-12-23(26)28-21(18)15-19/h7-9,12-13,15,20,22-23,25-26H,2,5-6,10-11,14H2,1,3-4H3/b16-13+/t20-,22+,23?/m1/s1. The first-order valence-electron chi connectivity index (χ1n) is 10.1. The van der Waals surface area contributed by atoms with Crippen molar-refractivity contribution >= 4 is 6.08 Å². The molecule has 2 N–H and O–H groups in total. The van der Waals surface area contributed by atoms with E-state index in [9.17, 15) is 10.2 Å². The largest absolute Gasteiger partial charge is 0.489 e. The van der Waals surface area contributed by atoms with Crippen LogP contribution < -0.4 is 9.47 Å². The van der Waals surface area contributed by atoms with Crippen LogP contribution in [0.5, 0.6) is 11.5 Å². The first-order chi connectivity index (χ1) is 13.3. The Kier molecular flexibility index (Phi) is 6.31. The summed E-state index contributed by atoms with van der Waals surface area (Å²) in [6, 6.07) is 5.64. The summed E-state index contributed by atoms with van der Waals surface area (Å²) in [7, 11) is 0. The average Bonchev–Trinajstić information content (AvgIpc) is 2.64. The Bertz CT molecular complexity index is 775. The molecule has 152 valence electrons. The molecule has 0 bridgehead atoms. The molecule has 0 aromatic heterocycles. The quantitative estimate of drug-likeness (QED) is 0.687. The van der Waals surface area contributed by atoms with E-state index in [0.717, 1.165) is 37.0 Å². The highest BCUT2D eigenvalue weighted by molar-refractivity contribution is 5.61. The zero-order valence-electron chi connectivity index (χ0n) is 17.1. The fourth-order valence-corrected chi connectivity index (χ4v) is 4.16. The molecule has 2 aliphatic rings. The maximum absolute atomic E-state index is 10.4. The zero-order chi connectivity index (χ0) is 20.3. The van der Waals surface area contributed by atoms with Gasteiger partial charge in [0, 0.05) is 11.6 Å². The molecule has 3 atom stereocenters. The van der Waals surface area contributed by atoms with Crippen LogP contribution in [0.15, 0.2) is 48.1 Å². The van der Waals surface area contributed by atoms with E-state index < -0.39 is 6.29 Å². The number of benzene rings is 1. The number of fused-ring (bicyclic) bond motifs is 1. The highest BCUT2D eigenvalue weighted by Crippen LogP contribution is 2.45. The van der Waals surface area contributed by atoms with Crippen LogP contribution in [0, 0.1) is 11.3 Å². The van der Waals surface area contributed by atoms with Crippen LogP contribution in [0.1, 0.15) is 52.0 Å². The number of aliphatic hydroxyl groups is 2. The minimum Gasteiger partial charge on any atom is -0.489 e. The predicted molar refractivity (Wildman–Crippen MR) is 112 cm³/mol. The molecule has 1 aromatic rings. The van der Waals surface area contributed by atoms with E-state index in [2.05, 4.69) is 33.4 Å². The van der Waals surface area contributed by atoms with Gasteiger partial charge in [-0.1, -0.05) is 31.6 Å². The molecule has 28 heavy (non-hydrogen) atoms. The lowest BCUT2D eigenvalue weighted by molar-refractivity contribution is -0.00881. The zero-order valence-corrected chi connectivity index (χ0v) is 17.1. The molecule has 1 aliphatic carbocycles. The van der Waals surface area contributed by atoms with Crippen molar-refractivity contribution in [1.29, 1.82) is 0 Å². The summed E-state index contributed by atoms with van der Waals surface area (Å²) in [4.78, 5) is 0. The molecule has 1 aliphatic heterocycles. The fourth-order valence-electron chi connectivity index (χ4n) is 4.16. The van der Waals surface area contributed by atoms with E-state index >= 15 is 0 Å². The summed E-state index contributed by atoms with van der Waals surface area (Å²) in [6.45, 7) is 11.2. The number of aliphatic hydroxyl groups excluding tert-OH is 2. The lowest BCUT2D eigenvalue weighted by Crippen LogP contribution is -2.41. The third kappa shape index (κ3) is 4.68. The van der Waals surface area contributed by atoms with E-state index in [1.165, 1.54) is 11.1 Å². The van der Waals surface area contributed by atoms with Crippen molar-refractivity contribution < 1.29 is 19.7 Å². The molecule has 3 rings (SSSR count). The summed E-state index contributed by atoms with van der Waals surface area (Å²) < 4.78 is 11.2. The number of allylic oxidation sites excluding steroid dienone is 2. The van der Waals surface area contributed by atoms with Crippen molar-refractivity contribution in [2.75, 3.05) is 6.61 Å². The Morgan fingerprint density at radius 1 is 1.36 bits per heavy atom. The van der Waals surface area contributed by atoms with Gasteiger partial charge >= 0.3 is 0 Å². The molecule has 1 saturated carbocycles. The summed E-state index contributed by atoms with van der Waals surface area (Å²) in [6.07, 6.45) is 8.11. The summed E-state index contributed by atoms with van der Waals surface area (Å²) >= 11 is 0. The van der Waals surface area contributed by atoms with Crippen molar-refractivity contribution in [2.45, 2.75) is 58.8 Å². The predicted octanol–water partition coefficient (Wildman–Crippen LogP) is 4.87. The molecule has 0 saturated heterocycles. The summed E-state index contributed by atoms with van der Waals surface area (Å²) in [5.74, 6) is 1.69. The van der Waals surface area contributed by atoms with Crippen LogP contribution in [0.4, 0.5) is 0 Å². The van der Waals surface area contributed by atoms with Crippen LogP contribution in [0.25, 0.3) is 6.08 Å². The lowest BCUT2D eigenvalue weighted by Gasteiger charge is -2.44. The van der Waals surface area contributed by atoms with E-state index in [-0.39, 0.29) is 11.5 Å². The molecule has 1 unspecified atom stereocenters. The third-order valence-corrected chi connectivity index (χ3v) is 6.17. The van der Waals surface area contributed by atoms with Crippen molar-refractivity contribution in [3.05, 3.63) is 53.6 Å². The molecule has 1 heterocycles. The van der Waals surface area contributed by atoms with Gasteiger partial charge in [-0.25, -0.2) is 0 Å². The van der Waals surface area contributed by atoms with E-state index in [4.69, 9.17) is 9.47 Å². The van der Waals surface area contributed by atoms with Gasteiger partial charge in [0.2, 0.25) is 6.29 Å². The molecule has 0 spiro atoms. The Morgan fingerprint density at radius 2 is 2.14 bits per heavy atom. The Labute approximate surface area is 168 Å². The van der Waals surface area contributed by atoms with Gasteiger partial charge < -0.3 is 19.7 Å². The minimum absolute atomic E-state index is 0.117. The smallest absolute Gasteiger partial charge is 0.217 e.